The van der Waals surface area contributed by atoms with Gasteiger partial charge in [-0.1, -0.05) is 29.8 Å². The first kappa shape index (κ1) is 21.5. The normalized spacial score (nSPS) is 14.7. The molecule has 0 atom stereocenters. The fourth-order valence-electron chi connectivity index (χ4n) is 3.01. The Balaban J connectivity index is 0.00000312. The minimum atomic E-state index is 0. The summed E-state index contributed by atoms with van der Waals surface area (Å²) in [4.78, 5) is 26.3. The van der Waals surface area contributed by atoms with Gasteiger partial charge in [-0.3, -0.25) is 9.59 Å². The Bertz CT molecular complexity index is 540. The molecule has 2 amide bonds. The van der Waals surface area contributed by atoms with E-state index in [0.29, 0.717) is 26.1 Å². The number of halogens is 1. The highest BCUT2D eigenvalue weighted by Gasteiger charge is 2.26. The van der Waals surface area contributed by atoms with Crippen LogP contribution in [0.15, 0.2) is 24.3 Å². The number of benzene rings is 1. The first-order chi connectivity index (χ1) is 11.6. The van der Waals surface area contributed by atoms with Crippen molar-refractivity contribution in [2.45, 2.75) is 39.2 Å². The minimum Gasteiger partial charge on any atom is -0.352 e. The third-order valence-electron chi connectivity index (χ3n) is 4.62. The molecule has 1 aromatic carbocycles. The van der Waals surface area contributed by atoms with E-state index in [1.807, 2.05) is 24.1 Å². The molecule has 1 aliphatic heterocycles. The molecule has 2 N–H and O–H groups in total. The van der Waals surface area contributed by atoms with E-state index < -0.39 is 0 Å². The van der Waals surface area contributed by atoms with Gasteiger partial charge in [0, 0.05) is 32.0 Å². The monoisotopic (exact) mass is 367 g/mol. The van der Waals surface area contributed by atoms with E-state index in [-0.39, 0.29) is 30.1 Å². The smallest absolute Gasteiger partial charge is 0.223 e. The zero-order chi connectivity index (χ0) is 17.4. The molecule has 0 aliphatic carbocycles. The summed E-state index contributed by atoms with van der Waals surface area (Å²) < 4.78 is 0. The number of amides is 2. The summed E-state index contributed by atoms with van der Waals surface area (Å²) >= 11 is 0. The van der Waals surface area contributed by atoms with Crippen LogP contribution in [0.5, 0.6) is 0 Å². The quantitative estimate of drug-likeness (QED) is 0.727. The SMILES string of the molecule is CNCCCC(=O)N1CCC(C(=O)NCc2ccc(C)cc2)CC1.Cl. The maximum Gasteiger partial charge on any atom is 0.223 e. The third kappa shape index (κ3) is 7.04. The number of carbonyl (C=O) groups excluding carboxylic acids is 2. The van der Waals surface area contributed by atoms with Crippen molar-refractivity contribution >= 4 is 24.2 Å². The van der Waals surface area contributed by atoms with Gasteiger partial charge in [-0.05, 0) is 45.3 Å². The Morgan fingerprint density at radius 2 is 1.80 bits per heavy atom. The average Bonchev–Trinajstić information content (AvgIpc) is 2.61. The number of carbonyl (C=O) groups is 2. The number of hydrogen-bond donors (Lipinski definition) is 2. The van der Waals surface area contributed by atoms with Gasteiger partial charge in [0.15, 0.2) is 0 Å². The van der Waals surface area contributed by atoms with Crippen LogP contribution in [-0.4, -0.2) is 43.4 Å². The Kier molecular flexibility index (Phi) is 9.53. The maximum absolute atomic E-state index is 12.3. The Hall–Kier alpha value is -1.59. The average molecular weight is 368 g/mol. The summed E-state index contributed by atoms with van der Waals surface area (Å²) in [6.45, 7) is 4.88. The number of likely N-dealkylation sites (tertiary alicyclic amines) is 1. The number of piperidine rings is 1. The summed E-state index contributed by atoms with van der Waals surface area (Å²) in [6.07, 6.45) is 2.98. The summed E-state index contributed by atoms with van der Waals surface area (Å²) in [5.74, 6) is 0.346. The molecule has 1 aliphatic rings. The molecule has 1 heterocycles. The van der Waals surface area contributed by atoms with Crippen molar-refractivity contribution in [3.63, 3.8) is 0 Å². The van der Waals surface area contributed by atoms with E-state index in [0.717, 1.165) is 31.4 Å². The lowest BCUT2D eigenvalue weighted by Gasteiger charge is -2.31. The van der Waals surface area contributed by atoms with E-state index in [4.69, 9.17) is 0 Å². The van der Waals surface area contributed by atoms with Crippen molar-refractivity contribution in [3.05, 3.63) is 35.4 Å². The zero-order valence-corrected chi connectivity index (χ0v) is 16.0. The second-order valence-corrected chi connectivity index (χ2v) is 6.57. The van der Waals surface area contributed by atoms with Crippen molar-refractivity contribution in [2.24, 2.45) is 5.92 Å². The number of aryl methyl sites for hydroxylation is 1. The molecule has 0 radical (unpaired) electrons. The van der Waals surface area contributed by atoms with Gasteiger partial charge in [0.25, 0.3) is 0 Å². The number of hydrogen-bond acceptors (Lipinski definition) is 3. The topological polar surface area (TPSA) is 61.4 Å². The molecule has 2 rings (SSSR count). The van der Waals surface area contributed by atoms with Crippen molar-refractivity contribution in [3.8, 4) is 0 Å². The Morgan fingerprint density at radius 3 is 2.40 bits per heavy atom. The molecule has 6 heteroatoms. The molecular weight excluding hydrogens is 338 g/mol. The van der Waals surface area contributed by atoms with Gasteiger partial charge in [0.2, 0.25) is 11.8 Å². The summed E-state index contributed by atoms with van der Waals surface area (Å²) in [5, 5.41) is 6.08. The van der Waals surface area contributed by atoms with Crippen LogP contribution in [0.1, 0.15) is 36.8 Å². The lowest BCUT2D eigenvalue weighted by molar-refractivity contribution is -0.135. The second-order valence-electron chi connectivity index (χ2n) is 6.57. The van der Waals surface area contributed by atoms with Gasteiger partial charge >= 0.3 is 0 Å². The molecule has 5 nitrogen and oxygen atoms in total. The molecule has 1 saturated heterocycles. The van der Waals surface area contributed by atoms with Crippen LogP contribution in [0, 0.1) is 12.8 Å². The molecule has 0 bridgehead atoms. The molecule has 0 spiro atoms. The molecule has 1 aromatic rings. The number of rotatable bonds is 7. The van der Waals surface area contributed by atoms with Gasteiger partial charge in [-0.2, -0.15) is 0 Å². The number of nitrogens with one attached hydrogen (secondary N) is 2. The van der Waals surface area contributed by atoms with Crippen LogP contribution in [0.3, 0.4) is 0 Å². The van der Waals surface area contributed by atoms with Crippen LogP contribution in [0.25, 0.3) is 0 Å². The van der Waals surface area contributed by atoms with Crippen LogP contribution < -0.4 is 10.6 Å². The van der Waals surface area contributed by atoms with E-state index in [1.54, 1.807) is 0 Å². The van der Waals surface area contributed by atoms with Crippen molar-refractivity contribution < 1.29 is 9.59 Å². The highest BCUT2D eigenvalue weighted by molar-refractivity contribution is 5.85. The first-order valence-electron chi connectivity index (χ1n) is 8.86. The summed E-state index contributed by atoms with van der Waals surface area (Å²) in [7, 11) is 1.89. The van der Waals surface area contributed by atoms with E-state index >= 15 is 0 Å². The van der Waals surface area contributed by atoms with Gasteiger partial charge in [-0.25, -0.2) is 0 Å². The second kappa shape index (κ2) is 11.1. The Labute approximate surface area is 157 Å². The van der Waals surface area contributed by atoms with Crippen LogP contribution >= 0.6 is 12.4 Å². The van der Waals surface area contributed by atoms with Crippen LogP contribution in [-0.2, 0) is 16.1 Å². The molecule has 140 valence electrons. The zero-order valence-electron chi connectivity index (χ0n) is 15.2. The van der Waals surface area contributed by atoms with E-state index in [9.17, 15) is 9.59 Å². The van der Waals surface area contributed by atoms with Crippen molar-refractivity contribution in [2.75, 3.05) is 26.7 Å². The van der Waals surface area contributed by atoms with Gasteiger partial charge < -0.3 is 15.5 Å². The molecule has 0 aromatic heterocycles. The fraction of sp³-hybridized carbons (Fsp3) is 0.579. The highest BCUT2D eigenvalue weighted by atomic mass is 35.5. The van der Waals surface area contributed by atoms with Crippen LogP contribution in [0.4, 0.5) is 0 Å². The molecule has 1 fully saturated rings. The van der Waals surface area contributed by atoms with Crippen molar-refractivity contribution in [1.29, 1.82) is 0 Å². The molecule has 0 saturated carbocycles. The van der Waals surface area contributed by atoms with E-state index in [1.165, 1.54) is 5.56 Å². The molecule has 0 unspecified atom stereocenters. The van der Waals surface area contributed by atoms with E-state index in [2.05, 4.69) is 29.7 Å². The van der Waals surface area contributed by atoms with Gasteiger partial charge in [-0.15, -0.1) is 12.4 Å². The maximum atomic E-state index is 12.3. The summed E-state index contributed by atoms with van der Waals surface area (Å²) in [5.41, 5.74) is 2.34. The Morgan fingerprint density at radius 1 is 1.16 bits per heavy atom. The third-order valence-corrected chi connectivity index (χ3v) is 4.62. The number of nitrogens with zero attached hydrogens (tertiary/aromatic N) is 1. The van der Waals surface area contributed by atoms with Gasteiger partial charge in [0.05, 0.1) is 0 Å². The fourth-order valence-corrected chi connectivity index (χ4v) is 3.01. The predicted molar refractivity (Wildman–Crippen MR) is 103 cm³/mol. The predicted octanol–water partition coefficient (Wildman–Crippen LogP) is 2.27. The van der Waals surface area contributed by atoms with Crippen molar-refractivity contribution in [1.82, 2.24) is 15.5 Å². The lowest BCUT2D eigenvalue weighted by atomic mass is 9.95. The van der Waals surface area contributed by atoms with Gasteiger partial charge in [0.1, 0.15) is 0 Å². The highest BCUT2D eigenvalue weighted by Crippen LogP contribution is 2.18. The van der Waals surface area contributed by atoms with Crippen LogP contribution in [0.2, 0.25) is 0 Å². The molecular formula is C19H30ClN3O2. The standard InChI is InChI=1S/C19H29N3O2.ClH/c1-15-5-7-16(8-6-15)14-21-19(24)17-9-12-22(13-10-17)18(23)4-3-11-20-2;/h5-8,17,20H,3-4,9-14H2,1-2H3,(H,21,24);1H. The first-order valence-corrected chi connectivity index (χ1v) is 8.86. The summed E-state index contributed by atoms with van der Waals surface area (Å²) in [6, 6.07) is 8.20. The molecule has 25 heavy (non-hydrogen) atoms. The minimum absolute atomic E-state index is 0. The lowest BCUT2D eigenvalue weighted by Crippen LogP contribution is -2.43. The largest absolute Gasteiger partial charge is 0.352 e.